The van der Waals surface area contributed by atoms with E-state index in [1.807, 2.05) is 19.9 Å². The van der Waals surface area contributed by atoms with Crippen LogP contribution in [0, 0.1) is 6.92 Å². The largest absolute Gasteiger partial charge is 0.353 e. The molecule has 0 bridgehead atoms. The topological polar surface area (TPSA) is 84.9 Å². The third-order valence-electron chi connectivity index (χ3n) is 5.73. The Morgan fingerprint density at radius 3 is 2.56 bits per heavy atom. The molecule has 0 amide bonds. The molecule has 3 saturated heterocycles. The minimum absolute atomic E-state index is 0.00735. The molecule has 27 heavy (non-hydrogen) atoms. The van der Waals surface area contributed by atoms with Gasteiger partial charge in [0.25, 0.3) is 0 Å². The first-order valence-electron chi connectivity index (χ1n) is 9.75. The van der Waals surface area contributed by atoms with E-state index in [1.54, 1.807) is 0 Å². The average Bonchev–Trinajstić information content (AvgIpc) is 3.22. The van der Waals surface area contributed by atoms with Gasteiger partial charge in [0.1, 0.15) is 5.82 Å². The summed E-state index contributed by atoms with van der Waals surface area (Å²) >= 11 is 0. The maximum Gasteiger partial charge on any atom is 0.227 e. The summed E-state index contributed by atoms with van der Waals surface area (Å²) in [6.45, 7) is 7.63. The highest BCUT2D eigenvalue weighted by Crippen LogP contribution is 2.33. The van der Waals surface area contributed by atoms with Crippen LogP contribution >= 0.6 is 0 Å². The number of rotatable bonds is 4. The van der Waals surface area contributed by atoms with Gasteiger partial charge in [-0.05, 0) is 20.3 Å². The van der Waals surface area contributed by atoms with Crippen LogP contribution in [0.15, 0.2) is 6.07 Å². The molecule has 4 rings (SSSR count). The van der Waals surface area contributed by atoms with Crippen molar-refractivity contribution in [3.63, 3.8) is 0 Å². The van der Waals surface area contributed by atoms with Crippen LogP contribution in [0.2, 0.25) is 0 Å². The number of anilines is 2. The minimum atomic E-state index is -2.94. The van der Waals surface area contributed by atoms with Crippen LogP contribution in [0.1, 0.15) is 31.9 Å². The predicted molar refractivity (Wildman–Crippen MR) is 103 cm³/mol. The molecular weight excluding hydrogens is 368 g/mol. The van der Waals surface area contributed by atoms with Crippen LogP contribution in [0.4, 0.5) is 11.8 Å². The Labute approximate surface area is 160 Å². The Hall–Kier alpha value is -1.45. The van der Waals surface area contributed by atoms with Crippen LogP contribution in [0.5, 0.6) is 0 Å². The third kappa shape index (κ3) is 3.90. The van der Waals surface area contributed by atoms with Gasteiger partial charge in [0, 0.05) is 50.3 Å². The van der Waals surface area contributed by atoms with Crippen LogP contribution in [-0.2, 0) is 19.3 Å². The maximum absolute atomic E-state index is 11.9. The summed E-state index contributed by atoms with van der Waals surface area (Å²) in [6.07, 6.45) is 2.27. The van der Waals surface area contributed by atoms with Crippen LogP contribution < -0.4 is 9.80 Å². The molecule has 4 heterocycles. The molecule has 0 aromatic carbocycles. The Bertz CT molecular complexity index is 785. The molecule has 0 saturated carbocycles. The standard InChI is InChI=1S/C18H28N4O4S/c1-3-22(15-4-11-27(23,24)13-15)16-12-14(2)19-17(20-16)21-7-5-18(6-8-21)25-9-10-26-18/h12,15H,3-11,13H2,1-2H3. The Balaban J connectivity index is 1.53. The van der Waals surface area contributed by atoms with E-state index >= 15 is 0 Å². The molecule has 0 aliphatic carbocycles. The van der Waals surface area contributed by atoms with Gasteiger partial charge in [0.15, 0.2) is 15.6 Å². The summed E-state index contributed by atoms with van der Waals surface area (Å²) in [5, 5.41) is 0. The predicted octanol–water partition coefficient (Wildman–Crippen LogP) is 1.14. The molecule has 0 N–H and O–H groups in total. The lowest BCUT2D eigenvalue weighted by atomic mass is 10.0. The second-order valence-corrected chi connectivity index (χ2v) is 9.83. The molecule has 150 valence electrons. The van der Waals surface area contributed by atoms with E-state index in [0.29, 0.717) is 25.6 Å². The number of hydrogen-bond donors (Lipinski definition) is 0. The summed E-state index contributed by atoms with van der Waals surface area (Å²) in [5.74, 6) is 1.57. The van der Waals surface area contributed by atoms with Gasteiger partial charge >= 0.3 is 0 Å². The smallest absolute Gasteiger partial charge is 0.227 e. The minimum Gasteiger partial charge on any atom is -0.353 e. The summed E-state index contributed by atoms with van der Waals surface area (Å²) in [5.41, 5.74) is 0.892. The quantitative estimate of drug-likeness (QED) is 0.749. The molecular formula is C18H28N4O4S. The summed E-state index contributed by atoms with van der Waals surface area (Å²) < 4.78 is 35.4. The normalized spacial score (nSPS) is 26.6. The molecule has 1 unspecified atom stereocenters. The highest BCUT2D eigenvalue weighted by Gasteiger charge is 2.40. The van der Waals surface area contributed by atoms with E-state index < -0.39 is 15.6 Å². The average molecular weight is 397 g/mol. The van der Waals surface area contributed by atoms with E-state index in [4.69, 9.17) is 14.5 Å². The first kappa shape index (κ1) is 18.9. The zero-order valence-corrected chi connectivity index (χ0v) is 16.9. The highest BCUT2D eigenvalue weighted by atomic mass is 32.2. The Kier molecular flexibility index (Phi) is 5.02. The van der Waals surface area contributed by atoms with Crippen molar-refractivity contribution >= 4 is 21.6 Å². The molecule has 1 aromatic rings. The summed E-state index contributed by atoms with van der Waals surface area (Å²) in [4.78, 5) is 13.7. The number of hydrogen-bond acceptors (Lipinski definition) is 8. The van der Waals surface area contributed by atoms with Gasteiger partial charge in [0.2, 0.25) is 5.95 Å². The van der Waals surface area contributed by atoms with E-state index in [1.165, 1.54) is 0 Å². The number of nitrogens with zero attached hydrogens (tertiary/aromatic N) is 4. The zero-order chi connectivity index (χ0) is 19.1. The second-order valence-electron chi connectivity index (χ2n) is 7.61. The van der Waals surface area contributed by atoms with Crippen molar-refractivity contribution in [1.29, 1.82) is 0 Å². The molecule has 1 spiro atoms. The molecule has 1 atom stereocenters. The van der Waals surface area contributed by atoms with Crippen molar-refractivity contribution in [1.82, 2.24) is 9.97 Å². The fraction of sp³-hybridized carbons (Fsp3) is 0.778. The third-order valence-corrected chi connectivity index (χ3v) is 7.49. The van der Waals surface area contributed by atoms with Crippen LogP contribution in [-0.4, -0.2) is 74.6 Å². The Morgan fingerprint density at radius 1 is 1.26 bits per heavy atom. The number of piperidine rings is 1. The highest BCUT2D eigenvalue weighted by molar-refractivity contribution is 7.91. The zero-order valence-electron chi connectivity index (χ0n) is 16.1. The van der Waals surface area contributed by atoms with E-state index in [2.05, 4.69) is 14.8 Å². The number of sulfone groups is 1. The van der Waals surface area contributed by atoms with Crippen molar-refractivity contribution in [2.75, 3.05) is 54.2 Å². The van der Waals surface area contributed by atoms with E-state index in [-0.39, 0.29) is 17.5 Å². The molecule has 8 nitrogen and oxygen atoms in total. The monoisotopic (exact) mass is 396 g/mol. The van der Waals surface area contributed by atoms with Crippen molar-refractivity contribution in [3.8, 4) is 0 Å². The van der Waals surface area contributed by atoms with Crippen molar-refractivity contribution in [2.24, 2.45) is 0 Å². The van der Waals surface area contributed by atoms with Gasteiger partial charge in [-0.1, -0.05) is 0 Å². The fourth-order valence-corrected chi connectivity index (χ4v) is 6.02. The van der Waals surface area contributed by atoms with Gasteiger partial charge in [-0.3, -0.25) is 0 Å². The molecule has 9 heteroatoms. The number of aryl methyl sites for hydroxylation is 1. The molecule has 3 fully saturated rings. The second kappa shape index (κ2) is 7.18. The van der Waals surface area contributed by atoms with E-state index in [0.717, 1.165) is 44.0 Å². The first-order chi connectivity index (χ1) is 12.9. The summed E-state index contributed by atoms with van der Waals surface area (Å²) in [7, 11) is -2.94. The van der Waals surface area contributed by atoms with Gasteiger partial charge in [0.05, 0.1) is 24.7 Å². The molecule has 0 radical (unpaired) electrons. The lowest BCUT2D eigenvalue weighted by molar-refractivity contribution is -0.169. The van der Waals surface area contributed by atoms with Crippen molar-refractivity contribution in [3.05, 3.63) is 11.8 Å². The number of aromatic nitrogens is 2. The Morgan fingerprint density at radius 2 is 1.96 bits per heavy atom. The van der Waals surface area contributed by atoms with Gasteiger partial charge in [-0.15, -0.1) is 0 Å². The summed E-state index contributed by atoms with van der Waals surface area (Å²) in [6, 6.07) is 1.94. The fourth-order valence-electron chi connectivity index (χ4n) is 4.29. The molecule has 1 aromatic heterocycles. The lowest BCUT2D eigenvalue weighted by Crippen LogP contribution is -2.46. The van der Waals surface area contributed by atoms with Crippen LogP contribution in [0.25, 0.3) is 0 Å². The maximum atomic E-state index is 11.9. The molecule has 3 aliphatic heterocycles. The first-order valence-corrected chi connectivity index (χ1v) is 11.6. The number of ether oxygens (including phenoxy) is 2. The molecule has 3 aliphatic rings. The van der Waals surface area contributed by atoms with Gasteiger partial charge < -0.3 is 19.3 Å². The van der Waals surface area contributed by atoms with Crippen LogP contribution in [0.3, 0.4) is 0 Å². The van der Waals surface area contributed by atoms with Gasteiger partial charge in [-0.25, -0.2) is 13.4 Å². The van der Waals surface area contributed by atoms with E-state index in [9.17, 15) is 8.42 Å². The van der Waals surface area contributed by atoms with Gasteiger partial charge in [-0.2, -0.15) is 4.98 Å². The SMILES string of the molecule is CCN(c1cc(C)nc(N2CCC3(CC2)OCCO3)n1)C1CCS(=O)(=O)C1. The van der Waals surface area contributed by atoms with Crippen molar-refractivity contribution in [2.45, 2.75) is 44.9 Å². The van der Waals surface area contributed by atoms with Crippen molar-refractivity contribution < 1.29 is 17.9 Å². The lowest BCUT2D eigenvalue weighted by Gasteiger charge is -2.38.